The van der Waals surface area contributed by atoms with E-state index >= 15 is 0 Å². The van der Waals surface area contributed by atoms with Gasteiger partial charge in [0.05, 0.1) is 12.7 Å². The van der Waals surface area contributed by atoms with Crippen molar-refractivity contribution in [1.82, 2.24) is 4.98 Å². The normalized spacial score (nSPS) is 19.4. The zero-order chi connectivity index (χ0) is 12.3. The third kappa shape index (κ3) is 2.76. The highest BCUT2D eigenvalue weighted by Gasteiger charge is 2.23. The first-order chi connectivity index (χ1) is 8.22. The van der Waals surface area contributed by atoms with Crippen molar-refractivity contribution in [3.8, 4) is 0 Å². The Bertz CT molecular complexity index is 360. The molecule has 0 bridgehead atoms. The van der Waals surface area contributed by atoms with E-state index in [1.807, 2.05) is 13.0 Å². The maximum absolute atomic E-state index is 9.57. The van der Waals surface area contributed by atoms with E-state index in [1.165, 1.54) is 0 Å². The molecule has 1 aromatic heterocycles. The number of aromatic nitrogens is 1. The third-order valence-corrected chi connectivity index (χ3v) is 3.61. The summed E-state index contributed by atoms with van der Waals surface area (Å²) in [4.78, 5) is 6.30. The number of aliphatic hydroxyl groups is 2. The van der Waals surface area contributed by atoms with Crippen LogP contribution in [0.25, 0.3) is 0 Å². The summed E-state index contributed by atoms with van der Waals surface area (Å²) in [6, 6.07) is 1.95. The molecule has 94 valence electrons. The van der Waals surface area contributed by atoms with Gasteiger partial charge in [-0.3, -0.25) is 4.98 Å². The molecule has 2 heterocycles. The van der Waals surface area contributed by atoms with Crippen LogP contribution in [0.4, 0.5) is 5.69 Å². The average molecular weight is 236 g/mol. The van der Waals surface area contributed by atoms with Crippen LogP contribution in [0, 0.1) is 5.92 Å². The molecule has 0 radical (unpaired) electrons. The lowest BCUT2D eigenvalue weighted by atomic mass is 9.92. The first-order valence-electron chi connectivity index (χ1n) is 6.19. The molecule has 0 spiro atoms. The lowest BCUT2D eigenvalue weighted by molar-refractivity contribution is 0.110. The molecule has 1 saturated heterocycles. The van der Waals surface area contributed by atoms with Gasteiger partial charge < -0.3 is 15.1 Å². The second-order valence-corrected chi connectivity index (χ2v) is 4.73. The highest BCUT2D eigenvalue weighted by Crippen LogP contribution is 2.27. The van der Waals surface area contributed by atoms with Gasteiger partial charge in [-0.1, -0.05) is 0 Å². The topological polar surface area (TPSA) is 56.6 Å². The largest absolute Gasteiger partial charge is 0.393 e. The Kier molecular flexibility index (Phi) is 3.97. The molecule has 1 atom stereocenters. The predicted molar refractivity (Wildman–Crippen MR) is 66.8 cm³/mol. The maximum atomic E-state index is 9.57. The molecule has 17 heavy (non-hydrogen) atoms. The van der Waals surface area contributed by atoms with Gasteiger partial charge in [-0.25, -0.2) is 0 Å². The summed E-state index contributed by atoms with van der Waals surface area (Å²) in [6.45, 7) is 3.77. The molecule has 1 fully saturated rings. The van der Waals surface area contributed by atoms with Crippen molar-refractivity contribution in [2.75, 3.05) is 18.0 Å². The summed E-state index contributed by atoms with van der Waals surface area (Å²) in [5.74, 6) is 0.408. The summed E-state index contributed by atoms with van der Waals surface area (Å²) >= 11 is 0. The second-order valence-electron chi connectivity index (χ2n) is 4.73. The Morgan fingerprint density at radius 1 is 1.47 bits per heavy atom. The van der Waals surface area contributed by atoms with Crippen molar-refractivity contribution in [3.63, 3.8) is 0 Å². The van der Waals surface area contributed by atoms with Crippen molar-refractivity contribution in [2.45, 2.75) is 32.5 Å². The number of hydrogen-bond acceptors (Lipinski definition) is 4. The van der Waals surface area contributed by atoms with Gasteiger partial charge in [0.2, 0.25) is 0 Å². The molecule has 0 saturated carbocycles. The van der Waals surface area contributed by atoms with Gasteiger partial charge >= 0.3 is 0 Å². The molecule has 0 aliphatic carbocycles. The minimum Gasteiger partial charge on any atom is -0.393 e. The number of rotatable bonds is 3. The number of hydrogen-bond donors (Lipinski definition) is 2. The summed E-state index contributed by atoms with van der Waals surface area (Å²) in [6.07, 6.45) is 5.27. The SMILES string of the molecule is CC(O)C1CCN(c2ccncc2CO)CC1. The summed E-state index contributed by atoms with van der Waals surface area (Å²) in [7, 11) is 0. The first-order valence-corrected chi connectivity index (χ1v) is 6.19. The van der Waals surface area contributed by atoms with E-state index in [1.54, 1.807) is 12.4 Å². The fraction of sp³-hybridized carbons (Fsp3) is 0.615. The van der Waals surface area contributed by atoms with E-state index in [4.69, 9.17) is 0 Å². The van der Waals surface area contributed by atoms with Crippen molar-refractivity contribution in [2.24, 2.45) is 5.92 Å². The minimum atomic E-state index is -0.216. The van der Waals surface area contributed by atoms with E-state index < -0.39 is 0 Å². The van der Waals surface area contributed by atoms with Crippen LogP contribution in [0.15, 0.2) is 18.5 Å². The Morgan fingerprint density at radius 2 is 2.18 bits per heavy atom. The summed E-state index contributed by atoms with van der Waals surface area (Å²) < 4.78 is 0. The Morgan fingerprint density at radius 3 is 2.76 bits per heavy atom. The zero-order valence-electron chi connectivity index (χ0n) is 10.2. The third-order valence-electron chi connectivity index (χ3n) is 3.61. The highest BCUT2D eigenvalue weighted by atomic mass is 16.3. The van der Waals surface area contributed by atoms with E-state index in [9.17, 15) is 10.2 Å². The molecule has 4 nitrogen and oxygen atoms in total. The summed E-state index contributed by atoms with van der Waals surface area (Å²) in [5.41, 5.74) is 1.95. The number of pyridine rings is 1. The number of nitrogens with zero attached hydrogens (tertiary/aromatic N) is 2. The van der Waals surface area contributed by atoms with Crippen LogP contribution < -0.4 is 4.90 Å². The van der Waals surface area contributed by atoms with Gasteiger partial charge in [-0.15, -0.1) is 0 Å². The van der Waals surface area contributed by atoms with Gasteiger partial charge in [0.25, 0.3) is 0 Å². The van der Waals surface area contributed by atoms with Gasteiger partial charge in [0.15, 0.2) is 0 Å². The van der Waals surface area contributed by atoms with E-state index in [2.05, 4.69) is 9.88 Å². The van der Waals surface area contributed by atoms with Gasteiger partial charge in [0.1, 0.15) is 0 Å². The van der Waals surface area contributed by atoms with E-state index in [0.29, 0.717) is 5.92 Å². The highest BCUT2D eigenvalue weighted by molar-refractivity contribution is 5.52. The molecule has 2 rings (SSSR count). The minimum absolute atomic E-state index is 0.0273. The van der Waals surface area contributed by atoms with Crippen molar-refractivity contribution in [1.29, 1.82) is 0 Å². The first kappa shape index (κ1) is 12.3. The lowest BCUT2D eigenvalue weighted by Crippen LogP contribution is -2.37. The molecule has 0 amide bonds. The van der Waals surface area contributed by atoms with Crippen LogP contribution in [0.2, 0.25) is 0 Å². The van der Waals surface area contributed by atoms with E-state index in [-0.39, 0.29) is 12.7 Å². The van der Waals surface area contributed by atoms with Crippen molar-refractivity contribution in [3.05, 3.63) is 24.0 Å². The molecule has 2 N–H and O–H groups in total. The van der Waals surface area contributed by atoms with Crippen LogP contribution in [0.3, 0.4) is 0 Å². The van der Waals surface area contributed by atoms with Crippen LogP contribution in [0.5, 0.6) is 0 Å². The number of piperidine rings is 1. The monoisotopic (exact) mass is 236 g/mol. The lowest BCUT2D eigenvalue weighted by Gasteiger charge is -2.35. The molecular weight excluding hydrogens is 216 g/mol. The Balaban J connectivity index is 2.05. The molecule has 1 aliphatic rings. The molecule has 1 unspecified atom stereocenters. The average Bonchev–Trinajstić information content (AvgIpc) is 2.39. The fourth-order valence-electron chi connectivity index (χ4n) is 2.47. The number of anilines is 1. The molecule has 1 aromatic rings. The van der Waals surface area contributed by atoms with Crippen LogP contribution in [-0.4, -0.2) is 34.4 Å². The fourth-order valence-corrected chi connectivity index (χ4v) is 2.47. The number of aliphatic hydroxyl groups excluding tert-OH is 2. The van der Waals surface area contributed by atoms with Crippen LogP contribution in [0.1, 0.15) is 25.3 Å². The van der Waals surface area contributed by atoms with Crippen molar-refractivity contribution >= 4 is 5.69 Å². The van der Waals surface area contributed by atoms with Crippen LogP contribution >= 0.6 is 0 Å². The smallest absolute Gasteiger partial charge is 0.0717 e. The molecule has 1 aliphatic heterocycles. The second kappa shape index (κ2) is 5.47. The standard InChI is InChI=1S/C13H20N2O2/c1-10(17)11-3-6-15(7-4-11)13-2-5-14-8-12(13)9-16/h2,5,8,10-11,16-17H,3-4,6-7,9H2,1H3. The molecule has 4 heteroatoms. The maximum Gasteiger partial charge on any atom is 0.0717 e. The zero-order valence-corrected chi connectivity index (χ0v) is 10.2. The van der Waals surface area contributed by atoms with Gasteiger partial charge in [0, 0.05) is 36.7 Å². The molecular formula is C13H20N2O2. The predicted octanol–water partition coefficient (Wildman–Crippen LogP) is 1.17. The molecule has 0 aromatic carbocycles. The van der Waals surface area contributed by atoms with E-state index in [0.717, 1.165) is 37.2 Å². The summed E-state index contributed by atoms with van der Waals surface area (Å²) in [5, 5.41) is 18.8. The van der Waals surface area contributed by atoms with Crippen molar-refractivity contribution < 1.29 is 10.2 Å². The quantitative estimate of drug-likeness (QED) is 0.827. The Labute approximate surface area is 102 Å². The Hall–Kier alpha value is -1.13. The van der Waals surface area contributed by atoms with Gasteiger partial charge in [-0.05, 0) is 31.7 Å². The van der Waals surface area contributed by atoms with Gasteiger partial charge in [-0.2, -0.15) is 0 Å². The van der Waals surface area contributed by atoms with Crippen LogP contribution in [-0.2, 0) is 6.61 Å².